The van der Waals surface area contributed by atoms with Crippen LogP contribution >= 0.6 is 11.3 Å². The minimum Gasteiger partial charge on any atom is -0.294 e. The SMILES string of the molecule is c1ccc(-c2c3ccccc3c(-c3ccc4sc5ccc(-n6c7ccccc7c7cccnc76)cc5c4c3)c3ccccc23)cc1. The predicted octanol–water partition coefficient (Wildman–Crippen LogP) is 12.2. The summed E-state index contributed by atoms with van der Waals surface area (Å²) in [7, 11) is 0. The van der Waals surface area contributed by atoms with Gasteiger partial charge in [0, 0.05) is 42.8 Å². The predicted molar refractivity (Wildman–Crippen MR) is 197 cm³/mol. The molecule has 10 aromatic rings. The zero-order valence-electron chi connectivity index (χ0n) is 24.8. The highest BCUT2D eigenvalue weighted by Crippen LogP contribution is 2.45. The molecule has 3 heterocycles. The number of hydrogen-bond donors (Lipinski definition) is 0. The highest BCUT2D eigenvalue weighted by atomic mass is 32.1. The van der Waals surface area contributed by atoms with Crippen LogP contribution in [-0.2, 0) is 0 Å². The Kier molecular flexibility index (Phi) is 5.48. The number of thiophene rings is 1. The lowest BCUT2D eigenvalue weighted by Gasteiger charge is -2.17. The van der Waals surface area contributed by atoms with E-state index in [9.17, 15) is 0 Å². The van der Waals surface area contributed by atoms with Gasteiger partial charge in [0.1, 0.15) is 5.65 Å². The van der Waals surface area contributed by atoms with E-state index in [1.54, 1.807) is 0 Å². The van der Waals surface area contributed by atoms with Crippen LogP contribution in [0.5, 0.6) is 0 Å². The van der Waals surface area contributed by atoms with Crippen molar-refractivity contribution in [3.8, 4) is 27.9 Å². The number of pyridine rings is 1. The van der Waals surface area contributed by atoms with Crippen molar-refractivity contribution in [1.82, 2.24) is 9.55 Å². The number of aromatic nitrogens is 2. The molecular weight excluding hydrogens is 577 g/mol. The van der Waals surface area contributed by atoms with Crippen LogP contribution in [0.3, 0.4) is 0 Å². The van der Waals surface area contributed by atoms with E-state index in [0.29, 0.717) is 0 Å². The van der Waals surface area contributed by atoms with Crippen LogP contribution in [0.15, 0.2) is 158 Å². The smallest absolute Gasteiger partial charge is 0.145 e. The zero-order valence-corrected chi connectivity index (χ0v) is 25.6. The van der Waals surface area contributed by atoms with Crippen LogP contribution in [0.2, 0.25) is 0 Å². The molecule has 0 fully saturated rings. The molecule has 46 heavy (non-hydrogen) atoms. The summed E-state index contributed by atoms with van der Waals surface area (Å²) in [4.78, 5) is 4.83. The van der Waals surface area contributed by atoms with Crippen molar-refractivity contribution in [3.05, 3.63) is 158 Å². The van der Waals surface area contributed by atoms with Crippen molar-refractivity contribution < 1.29 is 0 Å². The third-order valence-corrected chi connectivity index (χ3v) is 10.6. The second-order valence-corrected chi connectivity index (χ2v) is 13.0. The van der Waals surface area contributed by atoms with E-state index >= 15 is 0 Å². The van der Waals surface area contributed by atoms with E-state index in [0.717, 1.165) is 11.3 Å². The van der Waals surface area contributed by atoms with Gasteiger partial charge in [-0.3, -0.25) is 4.57 Å². The fourth-order valence-corrected chi connectivity index (χ4v) is 8.54. The number of para-hydroxylation sites is 1. The maximum absolute atomic E-state index is 4.83. The number of benzene rings is 7. The Hall–Kier alpha value is -5.77. The Balaban J connectivity index is 1.25. The van der Waals surface area contributed by atoms with Crippen LogP contribution in [0, 0.1) is 0 Å². The van der Waals surface area contributed by atoms with E-state index in [1.165, 1.54) is 80.3 Å². The van der Waals surface area contributed by atoms with Gasteiger partial charge in [0.2, 0.25) is 0 Å². The molecule has 0 aliphatic rings. The molecule has 0 saturated heterocycles. The van der Waals surface area contributed by atoms with E-state index in [-0.39, 0.29) is 0 Å². The summed E-state index contributed by atoms with van der Waals surface area (Å²) in [5.74, 6) is 0. The number of hydrogen-bond acceptors (Lipinski definition) is 2. The fraction of sp³-hybridized carbons (Fsp3) is 0. The van der Waals surface area contributed by atoms with Gasteiger partial charge in [-0.05, 0) is 92.3 Å². The fourth-order valence-electron chi connectivity index (χ4n) is 7.47. The molecule has 0 radical (unpaired) electrons. The highest BCUT2D eigenvalue weighted by Gasteiger charge is 2.18. The van der Waals surface area contributed by atoms with Crippen molar-refractivity contribution >= 4 is 75.0 Å². The second-order valence-electron chi connectivity index (χ2n) is 11.9. The molecule has 0 amide bonds. The van der Waals surface area contributed by atoms with Gasteiger partial charge in [-0.25, -0.2) is 4.98 Å². The van der Waals surface area contributed by atoms with Gasteiger partial charge in [0.25, 0.3) is 0 Å². The first-order valence-corrected chi connectivity index (χ1v) is 16.5. The summed E-state index contributed by atoms with van der Waals surface area (Å²) < 4.78 is 4.89. The second kappa shape index (κ2) is 9.87. The van der Waals surface area contributed by atoms with Crippen LogP contribution < -0.4 is 0 Å². The maximum Gasteiger partial charge on any atom is 0.145 e. The normalized spacial score (nSPS) is 11.9. The summed E-state index contributed by atoms with van der Waals surface area (Å²) in [5.41, 5.74) is 8.35. The lowest BCUT2D eigenvalue weighted by molar-refractivity contribution is 1.14. The van der Waals surface area contributed by atoms with Crippen LogP contribution in [0.4, 0.5) is 0 Å². The van der Waals surface area contributed by atoms with Crippen LogP contribution in [0.1, 0.15) is 0 Å². The van der Waals surface area contributed by atoms with Crippen molar-refractivity contribution in [3.63, 3.8) is 0 Å². The first-order chi connectivity index (χ1) is 22.8. The molecule has 2 nitrogen and oxygen atoms in total. The summed E-state index contributed by atoms with van der Waals surface area (Å²) in [6.07, 6.45) is 1.89. The molecule has 0 unspecified atom stereocenters. The number of rotatable bonds is 3. The Labute approximate surface area is 269 Å². The summed E-state index contributed by atoms with van der Waals surface area (Å²) in [5, 5.41) is 10.1. The van der Waals surface area contributed by atoms with Gasteiger partial charge in [0.15, 0.2) is 0 Å². The Morgan fingerprint density at radius 3 is 1.70 bits per heavy atom. The average Bonchev–Trinajstić information content (AvgIpc) is 3.66. The van der Waals surface area contributed by atoms with E-state index in [4.69, 9.17) is 4.98 Å². The third kappa shape index (κ3) is 3.67. The Morgan fingerprint density at radius 2 is 0.978 bits per heavy atom. The van der Waals surface area contributed by atoms with E-state index in [2.05, 4.69) is 150 Å². The molecule has 214 valence electrons. The zero-order chi connectivity index (χ0) is 30.2. The number of fused-ring (bicyclic) bond motifs is 8. The first kappa shape index (κ1) is 25.5. The molecule has 10 rings (SSSR count). The average molecular weight is 603 g/mol. The standard InChI is InChI=1S/C43H26N2S/c1-2-11-27(12-3-1)41-31-14-4-6-16-33(31)42(34-17-7-5-15-32(34)41)28-20-22-39-36(25-28)37-26-29(21-23-40(37)46-39)45-38-19-9-8-13-30(38)35-18-10-24-44-43(35)45/h1-26H. The monoisotopic (exact) mass is 602 g/mol. The minimum absolute atomic E-state index is 0.986. The molecule has 0 bridgehead atoms. The molecule has 0 saturated carbocycles. The van der Waals surface area contributed by atoms with E-state index < -0.39 is 0 Å². The molecule has 0 spiro atoms. The highest BCUT2D eigenvalue weighted by molar-refractivity contribution is 7.25. The first-order valence-electron chi connectivity index (χ1n) is 15.6. The molecule has 7 aromatic carbocycles. The molecule has 0 N–H and O–H groups in total. The maximum atomic E-state index is 4.83. The van der Waals surface area contributed by atoms with E-state index in [1.807, 2.05) is 23.6 Å². The minimum atomic E-state index is 0.986. The lowest BCUT2D eigenvalue weighted by Crippen LogP contribution is -1.94. The van der Waals surface area contributed by atoms with Crippen molar-refractivity contribution in [2.24, 2.45) is 0 Å². The van der Waals surface area contributed by atoms with Gasteiger partial charge in [0.05, 0.1) is 5.52 Å². The Morgan fingerprint density at radius 1 is 0.413 bits per heavy atom. The van der Waals surface area contributed by atoms with Crippen LogP contribution in [-0.4, -0.2) is 9.55 Å². The van der Waals surface area contributed by atoms with Crippen molar-refractivity contribution in [1.29, 1.82) is 0 Å². The summed E-state index contributed by atoms with van der Waals surface area (Å²) in [6.45, 7) is 0. The molecule has 0 aliphatic heterocycles. The van der Waals surface area contributed by atoms with Crippen molar-refractivity contribution in [2.75, 3.05) is 0 Å². The van der Waals surface area contributed by atoms with Gasteiger partial charge >= 0.3 is 0 Å². The summed E-state index contributed by atoms with van der Waals surface area (Å²) in [6, 6.07) is 55.3. The van der Waals surface area contributed by atoms with Gasteiger partial charge in [-0.2, -0.15) is 0 Å². The topological polar surface area (TPSA) is 17.8 Å². The molecular formula is C43H26N2S. The van der Waals surface area contributed by atoms with Crippen molar-refractivity contribution in [2.45, 2.75) is 0 Å². The Bertz CT molecular complexity index is 2690. The number of nitrogens with zero attached hydrogens (tertiary/aromatic N) is 2. The van der Waals surface area contributed by atoms with Crippen LogP contribution in [0.25, 0.3) is 91.6 Å². The molecule has 0 aliphatic carbocycles. The van der Waals surface area contributed by atoms with Gasteiger partial charge in [-0.15, -0.1) is 11.3 Å². The van der Waals surface area contributed by atoms with Gasteiger partial charge in [-0.1, -0.05) is 103 Å². The molecule has 3 aromatic heterocycles. The summed E-state index contributed by atoms with van der Waals surface area (Å²) >= 11 is 1.86. The third-order valence-electron chi connectivity index (χ3n) is 9.43. The lowest BCUT2D eigenvalue weighted by atomic mass is 9.86. The molecule has 3 heteroatoms. The van der Waals surface area contributed by atoms with Gasteiger partial charge < -0.3 is 0 Å². The largest absolute Gasteiger partial charge is 0.294 e. The quantitative estimate of drug-likeness (QED) is 0.184. The molecule has 0 atom stereocenters.